The predicted molar refractivity (Wildman–Crippen MR) is 178 cm³/mol. The standard InChI is InChI=1S/C33H52N8OS/c1-9-14-18-23(13-5)28-38-29-26(24(19-15-10-2)25(22-34)31(42)41(29)39-28)36-30-27(33(6,7)35-8)37-32(43-30)40(20-16-11-3)21-17-12-4/h23,35H,9-21H2,1-8H3/b36-26-. The van der Waals surface area contributed by atoms with Gasteiger partial charge >= 0.3 is 0 Å². The number of fused-ring (bicyclic) bond motifs is 1. The van der Waals surface area contributed by atoms with Crippen molar-refractivity contribution in [3.63, 3.8) is 0 Å². The molecule has 2 aromatic heterocycles. The first-order valence-corrected chi connectivity index (χ1v) is 17.2. The van der Waals surface area contributed by atoms with E-state index < -0.39 is 11.4 Å². The summed E-state index contributed by atoms with van der Waals surface area (Å²) in [6, 6.07) is 2.21. The number of thiazole rings is 1. The second-order valence-electron chi connectivity index (χ2n) is 12.0. The number of aromatic nitrogens is 4. The number of hydrogen-bond acceptors (Lipinski definition) is 9. The molecule has 3 heterocycles. The molecule has 0 spiro atoms. The second-order valence-corrected chi connectivity index (χ2v) is 13.0. The van der Waals surface area contributed by atoms with E-state index in [4.69, 9.17) is 20.1 Å². The minimum atomic E-state index is -0.447. The van der Waals surface area contributed by atoms with E-state index in [9.17, 15) is 10.1 Å². The molecule has 1 atom stereocenters. The second kappa shape index (κ2) is 16.2. The van der Waals surface area contributed by atoms with Crippen molar-refractivity contribution in [1.82, 2.24) is 25.1 Å². The smallest absolute Gasteiger partial charge is 0.291 e. The number of allylic oxidation sites excluding steroid dienone is 2. The van der Waals surface area contributed by atoms with E-state index >= 15 is 0 Å². The van der Waals surface area contributed by atoms with Crippen LogP contribution in [-0.2, 0) is 5.54 Å². The summed E-state index contributed by atoms with van der Waals surface area (Å²) in [7, 11) is 1.94. The van der Waals surface area contributed by atoms with Gasteiger partial charge in [0.05, 0.1) is 11.2 Å². The van der Waals surface area contributed by atoms with Crippen LogP contribution in [-0.4, -0.2) is 51.5 Å². The SMILES string of the molecule is CCCCC1=C(C#N)C(=O)n2nc(C(CC)CCCC)nc2/C1=N\c1sc(N(CCCC)CCCC)nc1C(C)(C)NC. The summed E-state index contributed by atoms with van der Waals surface area (Å²) in [5.41, 5.74) is 1.76. The van der Waals surface area contributed by atoms with E-state index in [2.05, 4.69) is 64.8 Å². The lowest BCUT2D eigenvalue weighted by Crippen LogP contribution is -2.34. The Morgan fingerprint density at radius 1 is 1.02 bits per heavy atom. The van der Waals surface area contributed by atoms with Crippen LogP contribution in [0.5, 0.6) is 0 Å². The van der Waals surface area contributed by atoms with Crippen LogP contribution in [0.1, 0.15) is 147 Å². The number of carbonyl (C=O) groups is 1. The van der Waals surface area contributed by atoms with E-state index in [0.29, 0.717) is 29.4 Å². The summed E-state index contributed by atoms with van der Waals surface area (Å²) in [5, 5.41) is 20.1. The Morgan fingerprint density at radius 3 is 2.23 bits per heavy atom. The first-order chi connectivity index (χ1) is 20.7. The van der Waals surface area contributed by atoms with Crippen molar-refractivity contribution in [3.8, 4) is 6.07 Å². The van der Waals surface area contributed by atoms with Crippen LogP contribution in [0.4, 0.5) is 10.1 Å². The Hall–Kier alpha value is -2.90. The highest BCUT2D eigenvalue weighted by Gasteiger charge is 2.36. The van der Waals surface area contributed by atoms with E-state index in [-0.39, 0.29) is 11.5 Å². The molecule has 0 saturated carbocycles. The van der Waals surface area contributed by atoms with Crippen LogP contribution < -0.4 is 10.2 Å². The van der Waals surface area contributed by atoms with E-state index in [0.717, 1.165) is 93.1 Å². The maximum Gasteiger partial charge on any atom is 0.291 e. The number of aliphatic imine (C=N–C) groups is 1. The Bertz CT molecular complexity index is 1320. The van der Waals surface area contributed by atoms with Gasteiger partial charge in [-0.1, -0.05) is 78.1 Å². The molecule has 1 aliphatic rings. The molecular weight excluding hydrogens is 556 g/mol. The Balaban J connectivity index is 2.28. The fourth-order valence-electron chi connectivity index (χ4n) is 5.22. The first kappa shape index (κ1) is 34.6. The van der Waals surface area contributed by atoms with Crippen LogP contribution in [0.25, 0.3) is 0 Å². The summed E-state index contributed by atoms with van der Waals surface area (Å²) in [5.74, 6) is 0.845. The van der Waals surface area contributed by atoms with Gasteiger partial charge in [-0.15, -0.1) is 5.10 Å². The molecular formula is C33H52N8OS. The Kier molecular flexibility index (Phi) is 13.1. The van der Waals surface area contributed by atoms with Crippen molar-refractivity contribution in [2.24, 2.45) is 4.99 Å². The lowest BCUT2D eigenvalue weighted by atomic mass is 9.94. The van der Waals surface area contributed by atoms with Gasteiger partial charge in [0.2, 0.25) is 0 Å². The Morgan fingerprint density at radius 2 is 1.67 bits per heavy atom. The minimum absolute atomic E-state index is 0.115. The van der Waals surface area contributed by atoms with Gasteiger partial charge < -0.3 is 10.2 Å². The molecule has 0 radical (unpaired) electrons. The zero-order chi connectivity index (χ0) is 31.6. The van der Waals surface area contributed by atoms with Gasteiger partial charge in [-0.2, -0.15) is 9.94 Å². The lowest BCUT2D eigenvalue weighted by Gasteiger charge is -2.24. The molecule has 2 aromatic rings. The highest BCUT2D eigenvalue weighted by molar-refractivity contribution is 7.19. The van der Waals surface area contributed by atoms with Gasteiger partial charge in [0, 0.05) is 24.6 Å². The van der Waals surface area contributed by atoms with Gasteiger partial charge in [0.25, 0.3) is 5.91 Å². The number of rotatable bonds is 18. The summed E-state index contributed by atoms with van der Waals surface area (Å²) in [6.45, 7) is 17.0. The van der Waals surface area contributed by atoms with Crippen molar-refractivity contribution in [3.05, 3.63) is 28.5 Å². The average Bonchev–Trinajstić information content (AvgIpc) is 3.64. The first-order valence-electron chi connectivity index (χ1n) is 16.4. The van der Waals surface area contributed by atoms with Crippen LogP contribution >= 0.6 is 11.3 Å². The number of anilines is 1. The number of carbonyl (C=O) groups excluding carboxylic acids is 1. The normalized spacial score (nSPS) is 15.2. The van der Waals surface area contributed by atoms with Gasteiger partial charge in [0.1, 0.15) is 22.4 Å². The van der Waals surface area contributed by atoms with Crippen LogP contribution in [0.15, 0.2) is 16.1 Å². The fourth-order valence-corrected chi connectivity index (χ4v) is 6.38. The molecule has 9 nitrogen and oxygen atoms in total. The molecule has 0 saturated heterocycles. The van der Waals surface area contributed by atoms with E-state index in [1.165, 1.54) is 4.68 Å². The Labute approximate surface area is 262 Å². The van der Waals surface area contributed by atoms with E-state index in [1.54, 1.807) is 11.3 Å². The summed E-state index contributed by atoms with van der Waals surface area (Å²) < 4.78 is 1.33. The highest BCUT2D eigenvalue weighted by atomic mass is 32.1. The summed E-state index contributed by atoms with van der Waals surface area (Å²) in [4.78, 5) is 31.5. The topological polar surface area (TPSA) is 112 Å². The van der Waals surface area contributed by atoms with Crippen LogP contribution in [0.2, 0.25) is 0 Å². The maximum atomic E-state index is 13.6. The zero-order valence-corrected chi connectivity index (χ0v) is 28.5. The van der Waals surface area contributed by atoms with Crippen molar-refractivity contribution >= 4 is 33.1 Å². The maximum absolute atomic E-state index is 13.6. The third-order valence-corrected chi connectivity index (χ3v) is 9.36. The number of nitrogens with zero attached hydrogens (tertiary/aromatic N) is 7. The van der Waals surface area contributed by atoms with Crippen molar-refractivity contribution in [1.29, 1.82) is 5.26 Å². The molecule has 1 N–H and O–H groups in total. The molecule has 236 valence electrons. The summed E-state index contributed by atoms with van der Waals surface area (Å²) in [6.07, 6.45) is 10.8. The molecule has 10 heteroatoms. The van der Waals surface area contributed by atoms with Crippen molar-refractivity contribution in [2.45, 2.75) is 131 Å². The lowest BCUT2D eigenvalue weighted by molar-refractivity contribution is 0.0940. The molecule has 0 fully saturated rings. The molecule has 0 aliphatic carbocycles. The highest BCUT2D eigenvalue weighted by Crippen LogP contribution is 2.41. The van der Waals surface area contributed by atoms with E-state index in [1.807, 2.05) is 7.05 Å². The molecule has 1 unspecified atom stereocenters. The molecule has 43 heavy (non-hydrogen) atoms. The predicted octanol–water partition coefficient (Wildman–Crippen LogP) is 8.06. The molecule has 1 aliphatic heterocycles. The van der Waals surface area contributed by atoms with Gasteiger partial charge in [-0.25, -0.2) is 15.0 Å². The third kappa shape index (κ3) is 7.98. The van der Waals surface area contributed by atoms with Gasteiger partial charge in [-0.05, 0) is 59.4 Å². The number of hydrogen-bond donors (Lipinski definition) is 1. The van der Waals surface area contributed by atoms with Gasteiger partial charge in [0.15, 0.2) is 16.8 Å². The molecule has 3 rings (SSSR count). The van der Waals surface area contributed by atoms with Gasteiger partial charge in [-0.3, -0.25) is 4.79 Å². The molecule has 0 amide bonds. The van der Waals surface area contributed by atoms with Crippen LogP contribution in [0, 0.1) is 11.3 Å². The largest absolute Gasteiger partial charge is 0.348 e. The average molecular weight is 609 g/mol. The summed E-state index contributed by atoms with van der Waals surface area (Å²) >= 11 is 1.58. The molecule has 0 bridgehead atoms. The van der Waals surface area contributed by atoms with Crippen LogP contribution in [0.3, 0.4) is 0 Å². The number of unbranched alkanes of at least 4 members (excludes halogenated alkanes) is 4. The molecule has 0 aromatic carbocycles. The fraction of sp³-hybridized carbons (Fsp3) is 0.697. The zero-order valence-electron chi connectivity index (χ0n) is 27.7. The third-order valence-electron chi connectivity index (χ3n) is 8.35. The van der Waals surface area contributed by atoms with Crippen molar-refractivity contribution < 1.29 is 4.79 Å². The number of nitrogens with one attached hydrogen (secondary N) is 1. The van der Waals surface area contributed by atoms with Crippen molar-refractivity contribution in [2.75, 3.05) is 25.0 Å². The number of nitriles is 1. The monoisotopic (exact) mass is 608 g/mol. The minimum Gasteiger partial charge on any atom is -0.348 e. The quantitative estimate of drug-likeness (QED) is 0.182.